The molecule has 78 valence electrons. The van der Waals surface area contributed by atoms with Crippen LogP contribution in [0.4, 0.5) is 0 Å². The van der Waals surface area contributed by atoms with Gasteiger partial charge in [-0.2, -0.15) is 5.10 Å². The molecule has 4 heteroatoms. The van der Waals surface area contributed by atoms with E-state index in [0.29, 0.717) is 5.69 Å². The predicted molar refractivity (Wildman–Crippen MR) is 55.1 cm³/mol. The summed E-state index contributed by atoms with van der Waals surface area (Å²) in [4.78, 5) is 11.6. The van der Waals surface area contributed by atoms with Gasteiger partial charge < -0.3 is 5.32 Å². The van der Waals surface area contributed by atoms with Gasteiger partial charge in [0.05, 0.1) is 0 Å². The number of unbranched alkanes of at least 4 members (excludes halogenated alkanes) is 1. The summed E-state index contributed by atoms with van der Waals surface area (Å²) in [6.45, 7) is 5.53. The molecule has 0 unspecified atom stereocenters. The maximum absolute atomic E-state index is 11.6. The summed E-state index contributed by atoms with van der Waals surface area (Å²) in [5.41, 5.74) is 0.642. The predicted octanol–water partition coefficient (Wildman–Crippen LogP) is 1.43. The number of nitrogens with one attached hydrogen (secondary N) is 1. The Hall–Kier alpha value is -1.32. The highest BCUT2D eigenvalue weighted by Crippen LogP contribution is 1.98. The van der Waals surface area contributed by atoms with Crippen LogP contribution in [-0.4, -0.2) is 22.2 Å². The van der Waals surface area contributed by atoms with Crippen LogP contribution in [0.2, 0.25) is 0 Å². The average molecular weight is 195 g/mol. The highest BCUT2D eigenvalue weighted by molar-refractivity contribution is 5.92. The van der Waals surface area contributed by atoms with Gasteiger partial charge in [0, 0.05) is 19.3 Å². The van der Waals surface area contributed by atoms with Crippen molar-refractivity contribution in [1.82, 2.24) is 15.1 Å². The summed E-state index contributed by atoms with van der Waals surface area (Å²) in [6.07, 6.45) is 3.76. The van der Waals surface area contributed by atoms with Crippen LogP contribution in [0.15, 0.2) is 12.3 Å². The molecule has 1 rings (SSSR count). The number of aromatic nitrogens is 2. The van der Waals surface area contributed by atoms with Crippen molar-refractivity contribution in [1.29, 1.82) is 0 Å². The lowest BCUT2D eigenvalue weighted by atomic mass is 10.3. The van der Waals surface area contributed by atoms with Crippen molar-refractivity contribution < 1.29 is 4.79 Å². The molecular weight excluding hydrogens is 178 g/mol. The Balaban J connectivity index is 2.51. The Labute approximate surface area is 84.3 Å². The second kappa shape index (κ2) is 5.42. The molecule has 14 heavy (non-hydrogen) atoms. The first kappa shape index (κ1) is 10.8. The highest BCUT2D eigenvalue weighted by atomic mass is 16.2. The van der Waals surface area contributed by atoms with Gasteiger partial charge in [-0.15, -0.1) is 0 Å². The molecule has 1 aromatic heterocycles. The third-order valence-electron chi connectivity index (χ3n) is 2.06. The molecule has 0 saturated heterocycles. The third-order valence-corrected chi connectivity index (χ3v) is 2.06. The topological polar surface area (TPSA) is 46.9 Å². The number of carbonyl (C=O) groups excluding carboxylic acids is 1. The Morgan fingerprint density at radius 1 is 1.57 bits per heavy atom. The fraction of sp³-hybridized carbons (Fsp3) is 0.600. The number of rotatable bonds is 5. The van der Waals surface area contributed by atoms with Crippen molar-refractivity contribution in [3.63, 3.8) is 0 Å². The van der Waals surface area contributed by atoms with E-state index in [4.69, 9.17) is 0 Å². The van der Waals surface area contributed by atoms with Crippen molar-refractivity contribution in [3.8, 4) is 0 Å². The number of aryl methyl sites for hydroxylation is 1. The molecule has 0 aliphatic carbocycles. The van der Waals surface area contributed by atoms with E-state index in [-0.39, 0.29) is 5.91 Å². The molecule has 0 saturated carbocycles. The summed E-state index contributed by atoms with van der Waals surface area (Å²) in [6, 6.07) is 1.74. The first-order valence-corrected chi connectivity index (χ1v) is 5.09. The minimum absolute atomic E-state index is 0.0298. The molecule has 0 aromatic carbocycles. The van der Waals surface area contributed by atoms with Crippen LogP contribution in [0.5, 0.6) is 0 Å². The Morgan fingerprint density at radius 2 is 2.36 bits per heavy atom. The van der Waals surface area contributed by atoms with E-state index in [1.807, 2.05) is 6.92 Å². The van der Waals surface area contributed by atoms with E-state index in [1.54, 1.807) is 16.9 Å². The van der Waals surface area contributed by atoms with Crippen LogP contribution in [0.3, 0.4) is 0 Å². The smallest absolute Gasteiger partial charge is 0.269 e. The maximum Gasteiger partial charge on any atom is 0.269 e. The van der Waals surface area contributed by atoms with Gasteiger partial charge in [0.15, 0.2) is 0 Å². The maximum atomic E-state index is 11.6. The summed E-state index contributed by atoms with van der Waals surface area (Å²) in [5.74, 6) is -0.0298. The van der Waals surface area contributed by atoms with Gasteiger partial charge in [-0.05, 0) is 19.4 Å². The summed E-state index contributed by atoms with van der Waals surface area (Å²) in [5, 5.41) is 6.90. The molecule has 0 spiro atoms. The molecule has 1 heterocycles. The zero-order valence-corrected chi connectivity index (χ0v) is 8.79. The van der Waals surface area contributed by atoms with Crippen molar-refractivity contribution in [3.05, 3.63) is 18.0 Å². The summed E-state index contributed by atoms with van der Waals surface area (Å²) >= 11 is 0. The highest BCUT2D eigenvalue weighted by Gasteiger charge is 2.09. The monoisotopic (exact) mass is 195 g/mol. The second-order valence-electron chi connectivity index (χ2n) is 3.14. The Kier molecular flexibility index (Phi) is 4.16. The quantitative estimate of drug-likeness (QED) is 0.722. The molecule has 1 amide bonds. The van der Waals surface area contributed by atoms with E-state index in [2.05, 4.69) is 17.3 Å². The van der Waals surface area contributed by atoms with Gasteiger partial charge >= 0.3 is 0 Å². The van der Waals surface area contributed by atoms with Crippen LogP contribution < -0.4 is 5.32 Å². The van der Waals surface area contributed by atoms with E-state index in [1.165, 1.54) is 0 Å². The lowest BCUT2D eigenvalue weighted by molar-refractivity contribution is 0.0942. The SMILES string of the molecule is CCCCNC(=O)c1ccnn1CC. The minimum atomic E-state index is -0.0298. The first-order chi connectivity index (χ1) is 6.79. The van der Waals surface area contributed by atoms with Gasteiger partial charge in [-0.25, -0.2) is 0 Å². The largest absolute Gasteiger partial charge is 0.351 e. The van der Waals surface area contributed by atoms with Crippen molar-refractivity contribution in [2.75, 3.05) is 6.54 Å². The average Bonchev–Trinajstić information content (AvgIpc) is 2.65. The summed E-state index contributed by atoms with van der Waals surface area (Å²) < 4.78 is 1.70. The number of carbonyl (C=O) groups is 1. The molecule has 0 fully saturated rings. The number of hydrogen-bond acceptors (Lipinski definition) is 2. The van der Waals surface area contributed by atoms with Gasteiger partial charge in [0.1, 0.15) is 5.69 Å². The Morgan fingerprint density at radius 3 is 3.00 bits per heavy atom. The fourth-order valence-electron chi connectivity index (χ4n) is 1.25. The van der Waals surface area contributed by atoms with Gasteiger partial charge in [-0.1, -0.05) is 13.3 Å². The van der Waals surface area contributed by atoms with Gasteiger partial charge in [0.2, 0.25) is 0 Å². The fourth-order valence-corrected chi connectivity index (χ4v) is 1.25. The van der Waals surface area contributed by atoms with Crippen LogP contribution in [-0.2, 0) is 6.54 Å². The molecular formula is C10H17N3O. The molecule has 4 nitrogen and oxygen atoms in total. The molecule has 0 aliphatic heterocycles. The van der Waals surface area contributed by atoms with Crippen LogP contribution in [0.25, 0.3) is 0 Å². The molecule has 0 aliphatic rings. The van der Waals surface area contributed by atoms with Crippen molar-refractivity contribution in [2.24, 2.45) is 0 Å². The zero-order chi connectivity index (χ0) is 10.4. The zero-order valence-electron chi connectivity index (χ0n) is 8.79. The molecule has 1 aromatic rings. The molecule has 0 bridgehead atoms. The van der Waals surface area contributed by atoms with Crippen molar-refractivity contribution >= 4 is 5.91 Å². The lowest BCUT2D eigenvalue weighted by Crippen LogP contribution is -2.26. The van der Waals surface area contributed by atoms with Crippen LogP contribution in [0, 0.1) is 0 Å². The van der Waals surface area contributed by atoms with Gasteiger partial charge in [0.25, 0.3) is 5.91 Å². The standard InChI is InChI=1S/C10H17N3O/c1-3-5-7-11-10(14)9-6-8-12-13(9)4-2/h6,8H,3-5,7H2,1-2H3,(H,11,14). The lowest BCUT2D eigenvalue weighted by Gasteiger charge is -2.05. The number of nitrogens with zero attached hydrogens (tertiary/aromatic N) is 2. The first-order valence-electron chi connectivity index (χ1n) is 5.09. The third kappa shape index (κ3) is 2.58. The van der Waals surface area contributed by atoms with Crippen molar-refractivity contribution in [2.45, 2.75) is 33.2 Å². The van der Waals surface area contributed by atoms with E-state index in [9.17, 15) is 4.79 Å². The van der Waals surface area contributed by atoms with E-state index >= 15 is 0 Å². The molecule has 0 radical (unpaired) electrons. The molecule has 0 atom stereocenters. The minimum Gasteiger partial charge on any atom is -0.351 e. The number of hydrogen-bond donors (Lipinski definition) is 1. The van der Waals surface area contributed by atoms with E-state index in [0.717, 1.165) is 25.9 Å². The number of amides is 1. The van der Waals surface area contributed by atoms with Crippen LogP contribution in [0.1, 0.15) is 37.2 Å². The normalized spacial score (nSPS) is 10.1. The van der Waals surface area contributed by atoms with Gasteiger partial charge in [-0.3, -0.25) is 9.48 Å². The molecule has 1 N–H and O–H groups in total. The van der Waals surface area contributed by atoms with Crippen LogP contribution >= 0.6 is 0 Å². The second-order valence-corrected chi connectivity index (χ2v) is 3.14. The van der Waals surface area contributed by atoms with E-state index < -0.39 is 0 Å². The summed E-state index contributed by atoms with van der Waals surface area (Å²) in [7, 11) is 0. The Bertz CT molecular complexity index is 293.